The lowest BCUT2D eigenvalue weighted by Gasteiger charge is -2.11. The zero-order valence-electron chi connectivity index (χ0n) is 12.3. The monoisotopic (exact) mass is 280 g/mol. The number of carbonyl (C=O) groups excluding carboxylic acids is 1. The third kappa shape index (κ3) is 2.88. The summed E-state index contributed by atoms with van der Waals surface area (Å²) in [7, 11) is 3.19. The lowest BCUT2D eigenvalue weighted by atomic mass is 9.97. The molecule has 0 spiro atoms. The van der Waals surface area contributed by atoms with Gasteiger partial charge in [0.15, 0.2) is 17.6 Å². The average Bonchev–Trinajstić information content (AvgIpc) is 3.10. The maximum atomic E-state index is 11.6. The zero-order chi connectivity index (χ0) is 14.8. The Labute approximate surface area is 118 Å². The van der Waals surface area contributed by atoms with Crippen LogP contribution in [0.25, 0.3) is 0 Å². The Morgan fingerprint density at radius 1 is 1.30 bits per heavy atom. The van der Waals surface area contributed by atoms with E-state index in [2.05, 4.69) is 0 Å². The van der Waals surface area contributed by atoms with Crippen LogP contribution in [-0.4, -0.2) is 38.5 Å². The van der Waals surface area contributed by atoms with Crippen LogP contribution < -0.4 is 9.47 Å². The molecule has 1 saturated heterocycles. The molecule has 0 aromatic heterocycles. The summed E-state index contributed by atoms with van der Waals surface area (Å²) in [5.74, 6) is 1.05. The van der Waals surface area contributed by atoms with E-state index in [1.807, 2.05) is 25.1 Å². The van der Waals surface area contributed by atoms with Crippen molar-refractivity contribution < 1.29 is 23.7 Å². The second-order valence-electron chi connectivity index (χ2n) is 4.93. The second-order valence-corrected chi connectivity index (χ2v) is 4.93. The highest BCUT2D eigenvalue weighted by molar-refractivity contribution is 5.79. The van der Waals surface area contributed by atoms with Crippen LogP contribution in [0.15, 0.2) is 18.2 Å². The summed E-state index contributed by atoms with van der Waals surface area (Å²) in [5.41, 5.74) is 0.531. The Bertz CT molecular complexity index is 499. The zero-order valence-corrected chi connectivity index (χ0v) is 12.3. The van der Waals surface area contributed by atoms with Crippen molar-refractivity contribution in [2.24, 2.45) is 0 Å². The molecule has 0 saturated carbocycles. The third-order valence-electron chi connectivity index (χ3n) is 3.39. The summed E-state index contributed by atoms with van der Waals surface area (Å²) >= 11 is 0. The molecule has 0 N–H and O–H groups in total. The van der Waals surface area contributed by atoms with Crippen LogP contribution in [0.1, 0.15) is 19.4 Å². The molecule has 5 heteroatoms. The van der Waals surface area contributed by atoms with Gasteiger partial charge in [-0.1, -0.05) is 6.07 Å². The SMILES string of the molecule is CCOC(=O)C1OC1(C)Cc1ccc(OC)c(OC)c1. The van der Waals surface area contributed by atoms with E-state index in [-0.39, 0.29) is 5.97 Å². The quantitative estimate of drug-likeness (QED) is 0.589. The van der Waals surface area contributed by atoms with E-state index in [4.69, 9.17) is 18.9 Å². The van der Waals surface area contributed by atoms with E-state index >= 15 is 0 Å². The van der Waals surface area contributed by atoms with Gasteiger partial charge in [0.25, 0.3) is 0 Å². The van der Waals surface area contributed by atoms with Crippen LogP contribution in [0.4, 0.5) is 0 Å². The van der Waals surface area contributed by atoms with Crippen LogP contribution in [0.3, 0.4) is 0 Å². The Balaban J connectivity index is 2.06. The van der Waals surface area contributed by atoms with Crippen molar-refractivity contribution >= 4 is 5.97 Å². The van der Waals surface area contributed by atoms with Gasteiger partial charge in [-0.3, -0.25) is 0 Å². The number of methoxy groups -OCH3 is 2. The first-order chi connectivity index (χ1) is 9.54. The van der Waals surface area contributed by atoms with E-state index in [0.717, 1.165) is 5.56 Å². The Kier molecular flexibility index (Phi) is 4.18. The van der Waals surface area contributed by atoms with Gasteiger partial charge in [0.05, 0.1) is 20.8 Å². The Morgan fingerprint density at radius 2 is 2.00 bits per heavy atom. The predicted octanol–water partition coefficient (Wildman–Crippen LogP) is 1.97. The van der Waals surface area contributed by atoms with Crippen molar-refractivity contribution in [3.05, 3.63) is 23.8 Å². The van der Waals surface area contributed by atoms with Crippen LogP contribution >= 0.6 is 0 Å². The van der Waals surface area contributed by atoms with Gasteiger partial charge in [-0.15, -0.1) is 0 Å². The van der Waals surface area contributed by atoms with Gasteiger partial charge >= 0.3 is 5.97 Å². The summed E-state index contributed by atoms with van der Waals surface area (Å²) in [6.45, 7) is 4.06. The van der Waals surface area contributed by atoms with Crippen molar-refractivity contribution in [1.29, 1.82) is 0 Å². The smallest absolute Gasteiger partial charge is 0.338 e. The van der Waals surface area contributed by atoms with Crippen LogP contribution in [0, 0.1) is 0 Å². The maximum absolute atomic E-state index is 11.6. The number of carbonyl (C=O) groups is 1. The molecule has 1 aliphatic rings. The van der Waals surface area contributed by atoms with Crippen LogP contribution in [0.5, 0.6) is 11.5 Å². The highest BCUT2D eigenvalue weighted by Crippen LogP contribution is 2.41. The van der Waals surface area contributed by atoms with E-state index in [0.29, 0.717) is 24.5 Å². The normalized spacial score (nSPS) is 24.1. The van der Waals surface area contributed by atoms with Gasteiger partial charge in [-0.25, -0.2) is 4.79 Å². The van der Waals surface area contributed by atoms with Crippen molar-refractivity contribution in [2.45, 2.75) is 32.0 Å². The van der Waals surface area contributed by atoms with Crippen molar-refractivity contribution in [3.63, 3.8) is 0 Å². The molecule has 110 valence electrons. The Hall–Kier alpha value is -1.75. The molecular formula is C15H20O5. The number of epoxide rings is 1. The summed E-state index contributed by atoms with van der Waals surface area (Å²) in [6, 6.07) is 5.68. The average molecular weight is 280 g/mol. The van der Waals surface area contributed by atoms with Gasteiger partial charge in [0.1, 0.15) is 5.60 Å². The van der Waals surface area contributed by atoms with Gasteiger partial charge in [0.2, 0.25) is 0 Å². The van der Waals surface area contributed by atoms with Gasteiger partial charge in [0, 0.05) is 6.42 Å². The molecule has 1 aromatic rings. The minimum atomic E-state index is -0.494. The molecule has 1 fully saturated rings. The first-order valence-corrected chi connectivity index (χ1v) is 6.59. The first kappa shape index (κ1) is 14.7. The van der Waals surface area contributed by atoms with E-state index < -0.39 is 11.7 Å². The molecule has 0 radical (unpaired) electrons. The Morgan fingerprint density at radius 3 is 2.60 bits per heavy atom. The van der Waals surface area contributed by atoms with Gasteiger partial charge in [-0.05, 0) is 31.5 Å². The molecule has 0 aliphatic carbocycles. The summed E-state index contributed by atoms with van der Waals surface area (Å²) in [5, 5.41) is 0. The third-order valence-corrected chi connectivity index (χ3v) is 3.39. The number of hydrogen-bond acceptors (Lipinski definition) is 5. The number of rotatable bonds is 6. The number of esters is 1. The van der Waals surface area contributed by atoms with E-state index in [9.17, 15) is 4.79 Å². The standard InChI is InChI=1S/C15H20O5/c1-5-19-14(16)13-15(2,20-13)9-10-6-7-11(17-3)12(8-10)18-4/h6-8,13H,5,9H2,1-4H3. The van der Waals surface area contributed by atoms with Crippen molar-refractivity contribution in [3.8, 4) is 11.5 Å². The fraction of sp³-hybridized carbons (Fsp3) is 0.533. The largest absolute Gasteiger partial charge is 0.493 e. The number of benzene rings is 1. The fourth-order valence-electron chi connectivity index (χ4n) is 2.28. The van der Waals surface area contributed by atoms with E-state index in [1.165, 1.54) is 0 Å². The van der Waals surface area contributed by atoms with Gasteiger partial charge < -0.3 is 18.9 Å². The fourth-order valence-corrected chi connectivity index (χ4v) is 2.28. The highest BCUT2D eigenvalue weighted by atomic mass is 16.7. The molecule has 2 rings (SSSR count). The predicted molar refractivity (Wildman–Crippen MR) is 73.2 cm³/mol. The first-order valence-electron chi connectivity index (χ1n) is 6.59. The highest BCUT2D eigenvalue weighted by Gasteiger charge is 2.57. The lowest BCUT2D eigenvalue weighted by Crippen LogP contribution is -2.22. The molecule has 0 bridgehead atoms. The number of ether oxygens (including phenoxy) is 4. The molecule has 20 heavy (non-hydrogen) atoms. The molecule has 1 aromatic carbocycles. The molecule has 2 unspecified atom stereocenters. The second kappa shape index (κ2) is 5.71. The molecule has 5 nitrogen and oxygen atoms in total. The van der Waals surface area contributed by atoms with Crippen molar-refractivity contribution in [2.75, 3.05) is 20.8 Å². The number of hydrogen-bond donors (Lipinski definition) is 0. The van der Waals surface area contributed by atoms with E-state index in [1.54, 1.807) is 21.1 Å². The molecule has 2 atom stereocenters. The summed E-state index contributed by atoms with van der Waals surface area (Å²) < 4.78 is 20.9. The maximum Gasteiger partial charge on any atom is 0.338 e. The minimum absolute atomic E-state index is 0.296. The van der Waals surface area contributed by atoms with Gasteiger partial charge in [-0.2, -0.15) is 0 Å². The minimum Gasteiger partial charge on any atom is -0.493 e. The molecule has 1 heterocycles. The molecule has 0 amide bonds. The summed E-state index contributed by atoms with van der Waals surface area (Å²) in [6.07, 6.45) is 0.146. The van der Waals surface area contributed by atoms with Crippen molar-refractivity contribution in [1.82, 2.24) is 0 Å². The topological polar surface area (TPSA) is 57.3 Å². The molecular weight excluding hydrogens is 260 g/mol. The molecule has 1 aliphatic heterocycles. The lowest BCUT2D eigenvalue weighted by molar-refractivity contribution is -0.144. The summed E-state index contributed by atoms with van der Waals surface area (Å²) in [4.78, 5) is 11.6. The van der Waals surface area contributed by atoms with Crippen LogP contribution in [-0.2, 0) is 20.7 Å². The van der Waals surface area contributed by atoms with Crippen LogP contribution in [0.2, 0.25) is 0 Å².